The molecule has 2 aliphatic heterocycles. The number of aromatic amines is 2. The summed E-state index contributed by atoms with van der Waals surface area (Å²) in [6.07, 6.45) is 14.0. The van der Waals surface area contributed by atoms with E-state index in [1.807, 2.05) is 0 Å². The first-order valence-corrected chi connectivity index (χ1v) is 14.7. The second-order valence-corrected chi connectivity index (χ2v) is 11.4. The van der Waals surface area contributed by atoms with E-state index in [1.165, 1.54) is 27.8 Å². The lowest BCUT2D eigenvalue weighted by atomic mass is 9.71. The molecule has 43 heavy (non-hydrogen) atoms. The van der Waals surface area contributed by atoms with Gasteiger partial charge in [0.05, 0.1) is 22.8 Å². The van der Waals surface area contributed by atoms with Gasteiger partial charge in [-0.2, -0.15) is 0 Å². The van der Waals surface area contributed by atoms with Gasteiger partial charge in [-0.3, -0.25) is 0 Å². The predicted octanol–water partition coefficient (Wildman–Crippen LogP) is 9.74. The van der Waals surface area contributed by atoms with E-state index in [2.05, 4.69) is 145 Å². The van der Waals surface area contributed by atoms with Gasteiger partial charge in [0.2, 0.25) is 0 Å². The van der Waals surface area contributed by atoms with Crippen molar-refractivity contribution in [3.05, 3.63) is 144 Å². The maximum Gasteiger partial charge on any atom is 0.0658 e. The van der Waals surface area contributed by atoms with Crippen molar-refractivity contribution in [2.24, 2.45) is 0 Å². The molecule has 0 saturated heterocycles. The number of hydrogen-bond donors (Lipinski definition) is 2. The summed E-state index contributed by atoms with van der Waals surface area (Å²) in [6, 6.07) is 30.3. The molecule has 5 heterocycles. The largest absolute Gasteiger partial charge is 0.355 e. The number of H-pyrrole nitrogens is 2. The summed E-state index contributed by atoms with van der Waals surface area (Å²) < 4.78 is 0. The first-order chi connectivity index (χ1) is 21.1. The molecule has 3 aliphatic rings. The standard InChI is InChI=1S/C39H30N4/c1-3-18-39(19-4-2)36-11-6-5-8-32(36)33-9-7-10-34(38(33)39)35-23-31-22-29-15-14-27(41-29)20-25-12-13-26(40-25)21-28-16-17-30(42-28)24-37(35)43-31/h3-17,20-24,40,43H,1-2,18-19H2. The van der Waals surface area contributed by atoms with Gasteiger partial charge >= 0.3 is 0 Å². The Morgan fingerprint density at radius 2 is 1.12 bits per heavy atom. The van der Waals surface area contributed by atoms with Crippen LogP contribution in [0.15, 0.2) is 110 Å². The van der Waals surface area contributed by atoms with Crippen LogP contribution < -0.4 is 0 Å². The van der Waals surface area contributed by atoms with Gasteiger partial charge in [-0.05, 0) is 107 Å². The summed E-state index contributed by atoms with van der Waals surface area (Å²) in [4.78, 5) is 17.0. The van der Waals surface area contributed by atoms with Gasteiger partial charge in [0.15, 0.2) is 0 Å². The molecule has 0 atom stereocenters. The highest BCUT2D eigenvalue weighted by molar-refractivity contribution is 5.95. The summed E-state index contributed by atoms with van der Waals surface area (Å²) in [5, 5.41) is 0. The van der Waals surface area contributed by atoms with Crippen LogP contribution in [0, 0.1) is 0 Å². The molecule has 0 radical (unpaired) electrons. The first kappa shape index (κ1) is 25.2. The van der Waals surface area contributed by atoms with E-state index < -0.39 is 0 Å². The summed E-state index contributed by atoms with van der Waals surface area (Å²) in [7, 11) is 0. The Morgan fingerprint density at radius 3 is 1.77 bits per heavy atom. The Hall–Kier alpha value is -5.48. The molecule has 1 aliphatic carbocycles. The van der Waals surface area contributed by atoms with E-state index >= 15 is 0 Å². The van der Waals surface area contributed by atoms with Gasteiger partial charge in [0.25, 0.3) is 0 Å². The van der Waals surface area contributed by atoms with Crippen LogP contribution in [0.3, 0.4) is 0 Å². The topological polar surface area (TPSA) is 57.4 Å². The monoisotopic (exact) mass is 554 g/mol. The quantitative estimate of drug-likeness (QED) is 0.208. The van der Waals surface area contributed by atoms with Gasteiger partial charge in [0.1, 0.15) is 0 Å². The van der Waals surface area contributed by atoms with Crippen LogP contribution in [0.25, 0.3) is 68.6 Å². The fourth-order valence-corrected chi connectivity index (χ4v) is 7.03. The Kier molecular flexibility index (Phi) is 5.76. The number of nitrogens with one attached hydrogen (secondary N) is 2. The molecule has 4 nitrogen and oxygen atoms in total. The van der Waals surface area contributed by atoms with E-state index in [9.17, 15) is 0 Å². The molecule has 0 spiro atoms. The average Bonchev–Trinajstić information content (AvgIpc) is 3.84. The fraction of sp³-hybridized carbons (Fsp3) is 0.0769. The van der Waals surface area contributed by atoms with Gasteiger partial charge in [-0.1, -0.05) is 54.6 Å². The van der Waals surface area contributed by atoms with E-state index in [4.69, 9.17) is 9.97 Å². The lowest BCUT2D eigenvalue weighted by Crippen LogP contribution is -2.24. The van der Waals surface area contributed by atoms with Crippen LogP contribution in [0.5, 0.6) is 0 Å². The van der Waals surface area contributed by atoms with E-state index in [-0.39, 0.29) is 5.41 Å². The van der Waals surface area contributed by atoms with Crippen molar-refractivity contribution in [1.82, 2.24) is 19.9 Å². The normalized spacial score (nSPS) is 14.0. The van der Waals surface area contributed by atoms with Crippen molar-refractivity contribution in [1.29, 1.82) is 0 Å². The Bertz CT molecular complexity index is 2180. The zero-order valence-corrected chi connectivity index (χ0v) is 23.8. The zero-order valence-electron chi connectivity index (χ0n) is 23.8. The molecular weight excluding hydrogens is 524 g/mol. The molecule has 2 N–H and O–H groups in total. The Balaban J connectivity index is 1.44. The van der Waals surface area contributed by atoms with Crippen molar-refractivity contribution in [3.8, 4) is 22.3 Å². The molecule has 0 amide bonds. The van der Waals surface area contributed by atoms with E-state index in [0.717, 1.165) is 63.2 Å². The second kappa shape index (κ2) is 9.81. The fourth-order valence-electron chi connectivity index (χ4n) is 7.03. The number of aromatic nitrogens is 4. The first-order valence-electron chi connectivity index (χ1n) is 14.7. The lowest BCUT2D eigenvalue weighted by molar-refractivity contribution is 0.545. The molecule has 4 heteroatoms. The predicted molar refractivity (Wildman–Crippen MR) is 180 cm³/mol. The molecule has 2 aromatic carbocycles. The van der Waals surface area contributed by atoms with Crippen LogP contribution in [0.4, 0.5) is 0 Å². The van der Waals surface area contributed by atoms with Crippen LogP contribution in [0.1, 0.15) is 46.7 Å². The minimum absolute atomic E-state index is 0.243. The van der Waals surface area contributed by atoms with Crippen molar-refractivity contribution >= 4 is 46.4 Å². The maximum atomic E-state index is 4.94. The molecule has 0 saturated carbocycles. The van der Waals surface area contributed by atoms with Gasteiger partial charge in [0, 0.05) is 33.0 Å². The minimum Gasteiger partial charge on any atom is -0.355 e. The summed E-state index contributed by atoms with van der Waals surface area (Å²) in [5.74, 6) is 0. The van der Waals surface area contributed by atoms with Gasteiger partial charge < -0.3 is 9.97 Å². The van der Waals surface area contributed by atoms with Crippen LogP contribution in [-0.2, 0) is 5.41 Å². The average molecular weight is 555 g/mol. The summed E-state index contributed by atoms with van der Waals surface area (Å²) in [6.45, 7) is 8.37. The molecule has 0 unspecified atom stereocenters. The third-order valence-corrected chi connectivity index (χ3v) is 8.72. The van der Waals surface area contributed by atoms with Crippen molar-refractivity contribution in [2.75, 3.05) is 0 Å². The Morgan fingerprint density at radius 1 is 0.558 bits per heavy atom. The molecule has 3 aromatic heterocycles. The number of rotatable bonds is 5. The molecule has 8 rings (SSSR count). The minimum atomic E-state index is -0.243. The maximum absolute atomic E-state index is 4.94. The molecule has 8 bridgehead atoms. The van der Waals surface area contributed by atoms with E-state index in [1.54, 1.807) is 0 Å². The molecule has 5 aromatic rings. The van der Waals surface area contributed by atoms with Crippen molar-refractivity contribution in [2.45, 2.75) is 18.3 Å². The van der Waals surface area contributed by atoms with Crippen LogP contribution in [-0.4, -0.2) is 19.9 Å². The lowest BCUT2D eigenvalue weighted by Gasteiger charge is -2.32. The second-order valence-electron chi connectivity index (χ2n) is 11.4. The highest BCUT2D eigenvalue weighted by Crippen LogP contribution is 2.56. The number of nitrogens with zero attached hydrogens (tertiary/aromatic N) is 2. The van der Waals surface area contributed by atoms with Gasteiger partial charge in [-0.15, -0.1) is 13.2 Å². The number of hydrogen-bond acceptors (Lipinski definition) is 2. The van der Waals surface area contributed by atoms with Crippen LogP contribution >= 0.6 is 0 Å². The molecular formula is C39H30N4. The molecule has 0 fully saturated rings. The third kappa shape index (κ3) is 4.14. The highest BCUT2D eigenvalue weighted by atomic mass is 14.8. The Labute approximate surface area is 250 Å². The smallest absolute Gasteiger partial charge is 0.0658 e. The number of fused-ring (bicyclic) bond motifs is 11. The zero-order chi connectivity index (χ0) is 29.0. The van der Waals surface area contributed by atoms with E-state index in [0.29, 0.717) is 0 Å². The summed E-state index contributed by atoms with van der Waals surface area (Å²) >= 11 is 0. The number of allylic oxidation sites excluding steroid dienone is 2. The van der Waals surface area contributed by atoms with Gasteiger partial charge in [-0.25, -0.2) is 9.97 Å². The molecule has 206 valence electrons. The van der Waals surface area contributed by atoms with Crippen molar-refractivity contribution < 1.29 is 0 Å². The van der Waals surface area contributed by atoms with Crippen molar-refractivity contribution in [3.63, 3.8) is 0 Å². The number of benzene rings is 2. The highest BCUT2D eigenvalue weighted by Gasteiger charge is 2.43. The third-order valence-electron chi connectivity index (χ3n) is 8.72. The van der Waals surface area contributed by atoms with Crippen LogP contribution in [0.2, 0.25) is 0 Å². The SMILES string of the molecule is C=CCC1(CC=C)c2ccccc2-c2cccc(-c3cc4cc5nc(cc6ccc(cc7nc(cc3[nH]4)C=C7)[nH]6)C=C5)c21. The summed E-state index contributed by atoms with van der Waals surface area (Å²) in [5.41, 5.74) is 15.0.